The van der Waals surface area contributed by atoms with Crippen molar-refractivity contribution in [2.45, 2.75) is 31.9 Å². The molecule has 0 fully saturated rings. The summed E-state index contributed by atoms with van der Waals surface area (Å²) in [5.74, 6) is 0.0680. The lowest BCUT2D eigenvalue weighted by Crippen LogP contribution is -2.45. The van der Waals surface area contributed by atoms with Gasteiger partial charge in [0.05, 0.1) is 18.0 Å². The van der Waals surface area contributed by atoms with Gasteiger partial charge >= 0.3 is 6.09 Å². The maximum absolute atomic E-state index is 13.6. The SMILES string of the molecule is COc1ccc([C@@]2(N=C=S)C(=O)N(C(=O)OC(C)(C)C)c3ccccc32)cc1. The second kappa shape index (κ2) is 7.19. The van der Waals surface area contributed by atoms with Crippen LogP contribution in [0.25, 0.3) is 0 Å². The second-order valence-electron chi connectivity index (χ2n) is 7.28. The van der Waals surface area contributed by atoms with Crippen molar-refractivity contribution in [1.29, 1.82) is 0 Å². The molecule has 0 bridgehead atoms. The molecule has 0 saturated heterocycles. The van der Waals surface area contributed by atoms with Crippen LogP contribution in [-0.2, 0) is 15.1 Å². The summed E-state index contributed by atoms with van der Waals surface area (Å²) in [6, 6.07) is 13.9. The predicted octanol–water partition coefficient (Wildman–Crippen LogP) is 4.32. The van der Waals surface area contributed by atoms with Crippen LogP contribution in [0, 0.1) is 0 Å². The normalized spacial score (nSPS) is 18.3. The minimum absolute atomic E-state index is 0.409. The van der Waals surface area contributed by atoms with Crippen LogP contribution in [0.4, 0.5) is 10.5 Å². The molecule has 7 heteroatoms. The molecule has 0 radical (unpaired) electrons. The highest BCUT2D eigenvalue weighted by Gasteiger charge is 2.55. The third kappa shape index (κ3) is 3.19. The van der Waals surface area contributed by atoms with E-state index in [1.807, 2.05) is 0 Å². The Hall–Kier alpha value is -3.02. The number of imide groups is 1. The molecule has 2 aromatic carbocycles. The van der Waals surface area contributed by atoms with E-state index in [1.54, 1.807) is 76.4 Å². The molecule has 1 heterocycles. The fraction of sp³-hybridized carbons (Fsp3) is 0.286. The smallest absolute Gasteiger partial charge is 0.421 e. The lowest BCUT2D eigenvalue weighted by atomic mass is 9.84. The number of carbonyl (C=O) groups excluding carboxylic acids is 2. The van der Waals surface area contributed by atoms with Crippen LogP contribution in [0.1, 0.15) is 31.9 Å². The van der Waals surface area contributed by atoms with Gasteiger partial charge in [0.2, 0.25) is 5.54 Å². The van der Waals surface area contributed by atoms with E-state index in [2.05, 4.69) is 10.2 Å². The third-order valence-electron chi connectivity index (χ3n) is 4.34. The van der Waals surface area contributed by atoms with Gasteiger partial charge in [-0.15, -0.1) is 0 Å². The van der Waals surface area contributed by atoms with Crippen molar-refractivity contribution in [1.82, 2.24) is 0 Å². The van der Waals surface area contributed by atoms with E-state index < -0.39 is 23.1 Å². The molecule has 3 rings (SSSR count). The number of hydrogen-bond acceptors (Lipinski definition) is 6. The lowest BCUT2D eigenvalue weighted by molar-refractivity contribution is -0.121. The zero-order valence-corrected chi connectivity index (χ0v) is 16.9. The van der Waals surface area contributed by atoms with Crippen molar-refractivity contribution in [3.63, 3.8) is 0 Å². The number of thiocarbonyl (C=S) groups is 1. The van der Waals surface area contributed by atoms with Crippen molar-refractivity contribution in [2.24, 2.45) is 4.99 Å². The largest absolute Gasteiger partial charge is 0.497 e. The molecule has 0 spiro atoms. The number of para-hydroxylation sites is 1. The fourth-order valence-electron chi connectivity index (χ4n) is 3.20. The maximum atomic E-state index is 13.6. The van der Waals surface area contributed by atoms with E-state index in [0.29, 0.717) is 22.6 Å². The van der Waals surface area contributed by atoms with Gasteiger partial charge in [-0.25, -0.2) is 14.7 Å². The number of anilines is 1. The van der Waals surface area contributed by atoms with Gasteiger partial charge in [-0.05, 0) is 56.8 Å². The second-order valence-corrected chi connectivity index (χ2v) is 7.46. The first-order chi connectivity index (χ1) is 13.2. The van der Waals surface area contributed by atoms with Crippen LogP contribution < -0.4 is 9.64 Å². The number of fused-ring (bicyclic) bond motifs is 1. The molecule has 6 nitrogen and oxygen atoms in total. The predicted molar refractivity (Wildman–Crippen MR) is 109 cm³/mol. The van der Waals surface area contributed by atoms with Crippen molar-refractivity contribution in [3.8, 4) is 5.75 Å². The molecule has 0 unspecified atom stereocenters. The number of ether oxygens (including phenoxy) is 2. The van der Waals surface area contributed by atoms with Crippen molar-refractivity contribution >= 4 is 35.1 Å². The van der Waals surface area contributed by atoms with Crippen LogP contribution in [0.2, 0.25) is 0 Å². The number of amides is 2. The van der Waals surface area contributed by atoms with E-state index in [1.165, 1.54) is 0 Å². The summed E-state index contributed by atoms with van der Waals surface area (Å²) in [4.78, 5) is 31.7. The average Bonchev–Trinajstić information content (AvgIpc) is 2.90. The standard InChI is InChI=1S/C21H20N2O4S/c1-20(2,3)27-19(25)23-17-8-6-5-7-16(17)21(18(23)24,22-13-28)14-9-11-15(26-4)12-10-14/h5-12H,1-4H3/t21-/m0/s1. The van der Waals surface area contributed by atoms with Crippen LogP contribution in [0.3, 0.4) is 0 Å². The summed E-state index contributed by atoms with van der Waals surface area (Å²) < 4.78 is 10.6. The van der Waals surface area contributed by atoms with Gasteiger partial charge in [0.1, 0.15) is 11.4 Å². The average molecular weight is 396 g/mol. The molecule has 144 valence electrons. The zero-order chi connectivity index (χ0) is 20.5. The van der Waals surface area contributed by atoms with Gasteiger partial charge in [0, 0.05) is 5.56 Å². The fourth-order valence-corrected chi connectivity index (χ4v) is 3.34. The zero-order valence-electron chi connectivity index (χ0n) is 16.1. The Labute approximate surface area is 168 Å². The highest BCUT2D eigenvalue weighted by atomic mass is 32.1. The quantitative estimate of drug-likeness (QED) is 0.571. The van der Waals surface area contributed by atoms with Crippen molar-refractivity contribution in [3.05, 3.63) is 59.7 Å². The first-order valence-electron chi connectivity index (χ1n) is 8.65. The number of methoxy groups -OCH3 is 1. The molecule has 0 aromatic heterocycles. The number of aliphatic imine (C=N–C) groups is 1. The molecular weight excluding hydrogens is 376 g/mol. The molecule has 28 heavy (non-hydrogen) atoms. The summed E-state index contributed by atoms with van der Waals surface area (Å²) in [5.41, 5.74) is -0.777. The summed E-state index contributed by atoms with van der Waals surface area (Å²) in [6.45, 7) is 5.22. The Morgan fingerprint density at radius 1 is 1.14 bits per heavy atom. The molecule has 1 aliphatic heterocycles. The van der Waals surface area contributed by atoms with E-state index in [9.17, 15) is 9.59 Å². The summed E-state index contributed by atoms with van der Waals surface area (Å²) in [5, 5.41) is 2.33. The first kappa shape index (κ1) is 19.7. The maximum Gasteiger partial charge on any atom is 0.421 e. The minimum Gasteiger partial charge on any atom is -0.497 e. The molecule has 0 aliphatic carbocycles. The number of benzene rings is 2. The van der Waals surface area contributed by atoms with Gasteiger partial charge in [0.25, 0.3) is 5.91 Å². The Morgan fingerprint density at radius 2 is 1.79 bits per heavy atom. The van der Waals surface area contributed by atoms with Gasteiger partial charge in [-0.3, -0.25) is 4.79 Å². The summed E-state index contributed by atoms with van der Waals surface area (Å²) in [6.07, 6.45) is -0.764. The summed E-state index contributed by atoms with van der Waals surface area (Å²) in [7, 11) is 1.56. The van der Waals surface area contributed by atoms with Gasteiger partial charge in [0.15, 0.2) is 0 Å². The highest BCUT2D eigenvalue weighted by Crippen LogP contribution is 2.47. The first-order valence-corrected chi connectivity index (χ1v) is 9.06. The van der Waals surface area contributed by atoms with Gasteiger partial charge in [-0.1, -0.05) is 30.3 Å². The molecule has 2 aromatic rings. The van der Waals surface area contributed by atoms with E-state index in [0.717, 1.165) is 4.90 Å². The third-order valence-corrected chi connectivity index (χ3v) is 4.44. The number of carbonyl (C=O) groups is 2. The summed E-state index contributed by atoms with van der Waals surface area (Å²) >= 11 is 4.85. The van der Waals surface area contributed by atoms with Crippen LogP contribution in [-0.4, -0.2) is 29.9 Å². The number of hydrogen-bond donors (Lipinski definition) is 0. The Balaban J connectivity index is 2.22. The number of nitrogens with zero attached hydrogens (tertiary/aromatic N) is 2. The monoisotopic (exact) mass is 396 g/mol. The van der Waals surface area contributed by atoms with Crippen LogP contribution in [0.15, 0.2) is 53.5 Å². The van der Waals surface area contributed by atoms with Crippen molar-refractivity contribution in [2.75, 3.05) is 12.0 Å². The van der Waals surface area contributed by atoms with E-state index in [4.69, 9.17) is 21.7 Å². The number of isothiocyanates is 1. The van der Waals surface area contributed by atoms with Gasteiger partial charge in [-0.2, -0.15) is 0 Å². The number of rotatable bonds is 3. The van der Waals surface area contributed by atoms with E-state index >= 15 is 0 Å². The topological polar surface area (TPSA) is 68.2 Å². The molecule has 1 atom stereocenters. The minimum atomic E-state index is -1.51. The molecule has 0 saturated carbocycles. The Morgan fingerprint density at radius 3 is 2.36 bits per heavy atom. The molecule has 0 N–H and O–H groups in total. The van der Waals surface area contributed by atoms with Crippen molar-refractivity contribution < 1.29 is 19.1 Å². The Kier molecular flexibility index (Phi) is 5.06. The molecule has 2 amide bonds. The molecular formula is C21H20N2O4S. The highest BCUT2D eigenvalue weighted by molar-refractivity contribution is 7.78. The van der Waals surface area contributed by atoms with Crippen LogP contribution >= 0.6 is 12.2 Å². The van der Waals surface area contributed by atoms with Gasteiger partial charge < -0.3 is 9.47 Å². The van der Waals surface area contributed by atoms with Crippen LogP contribution in [0.5, 0.6) is 5.75 Å². The molecule has 1 aliphatic rings. The lowest BCUT2D eigenvalue weighted by Gasteiger charge is -2.26. The van der Waals surface area contributed by atoms with E-state index in [-0.39, 0.29) is 0 Å². The Bertz CT molecular complexity index is 975.